The number of rotatable bonds is 46. The Hall–Kier alpha value is -0.780. The smallest absolute Gasteiger partial charge is 0.129 e. The molecule has 0 saturated carbocycles. The Bertz CT molecular complexity index is 864. The summed E-state index contributed by atoms with van der Waals surface area (Å²) in [5, 5.41) is 48.1. The van der Waals surface area contributed by atoms with E-state index in [0.29, 0.717) is 83.6 Å². The summed E-state index contributed by atoms with van der Waals surface area (Å²) in [7, 11) is 6.61. The zero-order chi connectivity index (χ0) is 42.2. The van der Waals surface area contributed by atoms with Gasteiger partial charge in [0.05, 0.1) is 107 Å². The van der Waals surface area contributed by atoms with Crippen LogP contribution in [0.4, 0.5) is 0 Å². The standard InChI is InChI=1S/C44H94N3O10/c1-5-6-7-8-9-10-11-12-13-14-15-16-17-18-19-20-33-57-43-44(52)42-47(4,28-37-56-41-32-51)24-23-45(2,25-34-53-38-29-48)21-22-46(3,26-35-54-39-30-49)27-36-55-40-31-50/h12-13,44,48-52H,5-11,14-43H2,1-4H3/q+3. The van der Waals surface area contributed by atoms with Gasteiger partial charge in [0.15, 0.2) is 0 Å². The quantitative estimate of drug-likeness (QED) is 0.0350. The van der Waals surface area contributed by atoms with Crippen molar-refractivity contribution in [1.29, 1.82) is 0 Å². The lowest BCUT2D eigenvalue weighted by atomic mass is 10.1. The minimum Gasteiger partial charge on any atom is -0.394 e. The Kier molecular flexibility index (Phi) is 38.8. The highest BCUT2D eigenvalue weighted by Crippen LogP contribution is 2.14. The molecule has 57 heavy (non-hydrogen) atoms. The van der Waals surface area contributed by atoms with Crippen LogP contribution in [0.1, 0.15) is 96.8 Å². The molecule has 5 N–H and O–H groups in total. The Labute approximate surface area is 349 Å². The van der Waals surface area contributed by atoms with Gasteiger partial charge < -0.3 is 62.7 Å². The molecule has 0 rings (SSSR count). The number of unbranched alkanes of at least 4 members (excludes halogenated alkanes) is 12. The molecule has 3 atom stereocenters. The third kappa shape index (κ3) is 35.7. The zero-order valence-corrected chi connectivity index (χ0v) is 37.5. The van der Waals surface area contributed by atoms with Gasteiger partial charge >= 0.3 is 0 Å². The summed E-state index contributed by atoms with van der Waals surface area (Å²) in [6.07, 6.45) is 22.0. The van der Waals surface area contributed by atoms with Gasteiger partial charge in [-0.25, -0.2) is 0 Å². The molecule has 0 bridgehead atoms. The number of likely N-dealkylation sites (N-methyl/N-ethyl adjacent to an activating group) is 3. The van der Waals surface area contributed by atoms with Crippen LogP contribution < -0.4 is 0 Å². The SMILES string of the molecule is CCCCCCCCC=CCCCCCCCCOCC(O)C[N+](C)(CCOCCO)CC[N+](C)(CCOCCO)CC[N+](C)(CCOCCO)CCOCCO. The maximum absolute atomic E-state index is 11.2. The Morgan fingerprint density at radius 2 is 0.754 bits per heavy atom. The minimum absolute atomic E-state index is 0.00693. The fourth-order valence-electron chi connectivity index (χ4n) is 6.97. The summed E-state index contributed by atoms with van der Waals surface area (Å²) >= 11 is 0. The Morgan fingerprint density at radius 1 is 0.404 bits per heavy atom. The first-order valence-corrected chi connectivity index (χ1v) is 22.8. The average molecular weight is 825 g/mol. The third-order valence-corrected chi connectivity index (χ3v) is 11.2. The fourth-order valence-corrected chi connectivity index (χ4v) is 6.97. The van der Waals surface area contributed by atoms with Crippen molar-refractivity contribution in [1.82, 2.24) is 0 Å². The van der Waals surface area contributed by atoms with Crippen molar-refractivity contribution in [2.24, 2.45) is 0 Å². The summed E-state index contributed by atoms with van der Waals surface area (Å²) in [6, 6.07) is 0. The van der Waals surface area contributed by atoms with Crippen LogP contribution in [0, 0.1) is 0 Å². The predicted molar refractivity (Wildman–Crippen MR) is 230 cm³/mol. The number of hydrogen-bond donors (Lipinski definition) is 5. The molecule has 0 radical (unpaired) electrons. The molecule has 0 heterocycles. The maximum Gasteiger partial charge on any atom is 0.129 e. The van der Waals surface area contributed by atoms with E-state index in [4.69, 9.17) is 23.7 Å². The summed E-state index contributed by atoms with van der Waals surface area (Å²) in [5.41, 5.74) is 0. The molecule has 3 unspecified atom stereocenters. The molecular formula is C44H94N3O10+3. The van der Waals surface area contributed by atoms with Crippen molar-refractivity contribution in [3.8, 4) is 0 Å². The molecule has 0 aromatic carbocycles. The monoisotopic (exact) mass is 825 g/mol. The summed E-state index contributed by atoms with van der Waals surface area (Å²) in [5.74, 6) is 0. The second-order valence-corrected chi connectivity index (χ2v) is 16.8. The highest BCUT2D eigenvalue weighted by atomic mass is 16.5. The normalized spacial score (nSPS) is 15.0. The van der Waals surface area contributed by atoms with Crippen molar-refractivity contribution in [2.75, 3.05) is 173 Å². The van der Waals surface area contributed by atoms with Crippen molar-refractivity contribution >= 4 is 0 Å². The lowest BCUT2D eigenvalue weighted by Crippen LogP contribution is -2.61. The van der Waals surface area contributed by atoms with Gasteiger partial charge in [0.25, 0.3) is 0 Å². The molecule has 0 fully saturated rings. The molecule has 0 aliphatic heterocycles. The molecule has 0 saturated heterocycles. The van der Waals surface area contributed by atoms with Gasteiger partial charge in [-0.15, -0.1) is 0 Å². The molecule has 13 heteroatoms. The topological polar surface area (TPSA) is 147 Å². The lowest BCUT2D eigenvalue weighted by Gasteiger charge is -2.43. The van der Waals surface area contributed by atoms with E-state index in [-0.39, 0.29) is 26.4 Å². The van der Waals surface area contributed by atoms with E-state index >= 15 is 0 Å². The number of allylic oxidation sites excluding steroid dienone is 2. The van der Waals surface area contributed by atoms with Crippen LogP contribution in [0.25, 0.3) is 0 Å². The van der Waals surface area contributed by atoms with E-state index in [0.717, 1.165) is 67.6 Å². The summed E-state index contributed by atoms with van der Waals surface area (Å²) in [6.45, 7) is 13.4. The van der Waals surface area contributed by atoms with E-state index < -0.39 is 6.10 Å². The predicted octanol–water partition coefficient (Wildman–Crippen LogP) is 3.78. The molecule has 342 valence electrons. The second-order valence-electron chi connectivity index (χ2n) is 16.8. The first kappa shape index (κ1) is 56.2. The number of aliphatic hydroxyl groups is 5. The molecular weight excluding hydrogens is 730 g/mol. The van der Waals surface area contributed by atoms with Crippen molar-refractivity contribution in [2.45, 2.75) is 103 Å². The molecule has 0 amide bonds. The van der Waals surface area contributed by atoms with Crippen LogP contribution in [-0.4, -0.2) is 218 Å². The summed E-state index contributed by atoms with van der Waals surface area (Å²) in [4.78, 5) is 0. The maximum atomic E-state index is 11.2. The van der Waals surface area contributed by atoms with Gasteiger partial charge in [0.1, 0.15) is 65.0 Å². The van der Waals surface area contributed by atoms with E-state index in [1.807, 2.05) is 0 Å². The van der Waals surface area contributed by atoms with Crippen LogP contribution in [0.3, 0.4) is 0 Å². The van der Waals surface area contributed by atoms with Gasteiger partial charge in [-0.1, -0.05) is 76.9 Å². The van der Waals surface area contributed by atoms with E-state index in [2.05, 4.69) is 40.2 Å². The van der Waals surface area contributed by atoms with Gasteiger partial charge in [-0.3, -0.25) is 0 Å². The number of hydrogen-bond acceptors (Lipinski definition) is 10. The van der Waals surface area contributed by atoms with Crippen LogP contribution in [0.5, 0.6) is 0 Å². The Balaban J connectivity index is 5.00. The van der Waals surface area contributed by atoms with Crippen molar-refractivity contribution < 1.29 is 62.7 Å². The summed E-state index contributed by atoms with van der Waals surface area (Å²) < 4.78 is 30.8. The minimum atomic E-state index is -0.605. The molecule has 0 spiro atoms. The van der Waals surface area contributed by atoms with E-state index in [1.54, 1.807) is 0 Å². The number of ether oxygens (including phenoxy) is 5. The number of nitrogens with zero attached hydrogens (tertiary/aromatic N) is 3. The van der Waals surface area contributed by atoms with Crippen molar-refractivity contribution in [3.05, 3.63) is 12.2 Å². The average Bonchev–Trinajstić information content (AvgIpc) is 3.20. The van der Waals surface area contributed by atoms with Gasteiger partial charge in [0.2, 0.25) is 0 Å². The Morgan fingerprint density at radius 3 is 1.18 bits per heavy atom. The molecule has 0 aromatic heterocycles. The van der Waals surface area contributed by atoms with Crippen LogP contribution in [0.2, 0.25) is 0 Å². The van der Waals surface area contributed by atoms with Gasteiger partial charge in [-0.05, 0) is 32.1 Å². The first-order chi connectivity index (χ1) is 27.6. The highest BCUT2D eigenvalue weighted by Gasteiger charge is 2.34. The van der Waals surface area contributed by atoms with Crippen LogP contribution >= 0.6 is 0 Å². The fraction of sp³-hybridized carbons (Fsp3) is 0.955. The highest BCUT2D eigenvalue weighted by molar-refractivity contribution is 4.81. The van der Waals surface area contributed by atoms with Crippen LogP contribution in [0.15, 0.2) is 12.2 Å². The molecule has 0 aliphatic carbocycles. The van der Waals surface area contributed by atoms with Gasteiger partial charge in [-0.2, -0.15) is 0 Å². The van der Waals surface area contributed by atoms with E-state index in [1.165, 1.54) is 77.0 Å². The first-order valence-electron chi connectivity index (χ1n) is 22.8. The largest absolute Gasteiger partial charge is 0.394 e. The van der Waals surface area contributed by atoms with Gasteiger partial charge in [0, 0.05) is 6.61 Å². The molecule has 0 aromatic rings. The zero-order valence-electron chi connectivity index (χ0n) is 37.5. The third-order valence-electron chi connectivity index (χ3n) is 11.2. The molecule has 0 aliphatic rings. The number of aliphatic hydroxyl groups excluding tert-OH is 5. The number of quaternary nitrogens is 3. The van der Waals surface area contributed by atoms with E-state index in [9.17, 15) is 25.5 Å². The van der Waals surface area contributed by atoms with Crippen LogP contribution in [-0.2, 0) is 23.7 Å². The second kappa shape index (κ2) is 39.4. The lowest BCUT2D eigenvalue weighted by molar-refractivity contribution is -0.986. The van der Waals surface area contributed by atoms with Crippen molar-refractivity contribution in [3.63, 3.8) is 0 Å². The molecule has 13 nitrogen and oxygen atoms in total.